The van der Waals surface area contributed by atoms with Crippen molar-refractivity contribution >= 4 is 12.0 Å². The molecule has 20 heavy (non-hydrogen) atoms. The zero-order valence-electron chi connectivity index (χ0n) is 12.0. The molecule has 0 saturated heterocycles. The molecule has 3 N–H and O–H groups in total. The predicted molar refractivity (Wildman–Crippen MR) is 74.3 cm³/mol. The van der Waals surface area contributed by atoms with Gasteiger partial charge in [-0.1, -0.05) is 6.42 Å². The van der Waals surface area contributed by atoms with E-state index in [0.29, 0.717) is 18.8 Å². The van der Waals surface area contributed by atoms with Crippen molar-refractivity contribution in [1.29, 1.82) is 0 Å². The number of amides is 2. The topological polar surface area (TPSA) is 78.4 Å². The molecule has 3 aliphatic rings. The Balaban J connectivity index is 1.52. The van der Waals surface area contributed by atoms with Crippen LogP contribution in [0.5, 0.6) is 0 Å². The summed E-state index contributed by atoms with van der Waals surface area (Å²) in [7, 11) is 0. The molecule has 2 bridgehead atoms. The van der Waals surface area contributed by atoms with E-state index >= 15 is 0 Å². The summed E-state index contributed by atoms with van der Waals surface area (Å²) in [5, 5.41) is 14.9. The molecular weight excluding hydrogens is 256 g/mol. The molecule has 3 fully saturated rings. The highest BCUT2D eigenvalue weighted by molar-refractivity contribution is 5.87. The van der Waals surface area contributed by atoms with E-state index in [9.17, 15) is 14.7 Å². The minimum atomic E-state index is -1.02. The number of carbonyl (C=O) groups excluding carboxylic acids is 1. The van der Waals surface area contributed by atoms with Crippen molar-refractivity contribution in [3.63, 3.8) is 0 Å². The summed E-state index contributed by atoms with van der Waals surface area (Å²) in [6.45, 7) is 2.05. The Kier molecular flexibility index (Phi) is 3.38. The van der Waals surface area contributed by atoms with Crippen molar-refractivity contribution in [2.45, 2.75) is 63.5 Å². The molecule has 0 heterocycles. The molecule has 5 heteroatoms. The fourth-order valence-corrected chi connectivity index (χ4v) is 4.40. The number of carboxylic acid groups (broad SMARTS) is 1. The fraction of sp³-hybridized carbons (Fsp3) is 0.867. The molecule has 3 rings (SSSR count). The smallest absolute Gasteiger partial charge is 0.329 e. The Bertz CT molecular complexity index is 419. The van der Waals surface area contributed by atoms with Gasteiger partial charge in [-0.3, -0.25) is 0 Å². The van der Waals surface area contributed by atoms with Gasteiger partial charge in [-0.25, -0.2) is 9.59 Å². The van der Waals surface area contributed by atoms with Gasteiger partial charge < -0.3 is 15.7 Å². The zero-order valence-corrected chi connectivity index (χ0v) is 12.0. The number of carbonyl (C=O) groups is 2. The lowest BCUT2D eigenvalue weighted by Gasteiger charge is -2.39. The average Bonchev–Trinajstić information content (AvgIpc) is 2.95. The second-order valence-electron chi connectivity index (χ2n) is 6.97. The number of rotatable bonds is 4. The molecule has 0 aromatic heterocycles. The Hall–Kier alpha value is -1.26. The quantitative estimate of drug-likeness (QED) is 0.738. The molecule has 5 nitrogen and oxygen atoms in total. The molecule has 0 aliphatic heterocycles. The Morgan fingerprint density at radius 1 is 1.25 bits per heavy atom. The zero-order chi connectivity index (χ0) is 14.3. The normalized spacial score (nSPS) is 35.1. The molecule has 0 aromatic carbocycles. The molecule has 2 amide bonds. The molecule has 3 aliphatic carbocycles. The minimum absolute atomic E-state index is 0.135. The second kappa shape index (κ2) is 4.93. The molecule has 0 aromatic rings. The van der Waals surface area contributed by atoms with Crippen molar-refractivity contribution < 1.29 is 14.7 Å². The Labute approximate surface area is 119 Å². The van der Waals surface area contributed by atoms with Crippen LogP contribution in [-0.4, -0.2) is 28.7 Å². The lowest BCUT2D eigenvalue weighted by atomic mass is 9.77. The van der Waals surface area contributed by atoms with Crippen molar-refractivity contribution in [2.24, 2.45) is 17.8 Å². The predicted octanol–water partition coefficient (Wildman–Crippen LogP) is 2.12. The van der Waals surface area contributed by atoms with Gasteiger partial charge in [-0.15, -0.1) is 0 Å². The van der Waals surface area contributed by atoms with E-state index in [1.165, 1.54) is 25.7 Å². The summed E-state index contributed by atoms with van der Waals surface area (Å²) in [5.74, 6) is 1.27. The number of hydrogen-bond acceptors (Lipinski definition) is 2. The molecule has 4 atom stereocenters. The van der Waals surface area contributed by atoms with Crippen molar-refractivity contribution in [3.05, 3.63) is 0 Å². The lowest BCUT2D eigenvalue weighted by molar-refractivity contribution is -0.148. The number of hydrogen-bond donors (Lipinski definition) is 3. The first kappa shape index (κ1) is 13.7. The van der Waals surface area contributed by atoms with Gasteiger partial charge >= 0.3 is 12.0 Å². The van der Waals surface area contributed by atoms with E-state index in [1.54, 1.807) is 0 Å². The third-order valence-corrected chi connectivity index (χ3v) is 5.76. The van der Waals surface area contributed by atoms with Gasteiger partial charge in [0.15, 0.2) is 0 Å². The summed E-state index contributed by atoms with van der Waals surface area (Å²) in [6.07, 6.45) is 7.13. The van der Waals surface area contributed by atoms with Crippen LogP contribution in [0.25, 0.3) is 0 Å². The van der Waals surface area contributed by atoms with Crippen molar-refractivity contribution in [2.75, 3.05) is 0 Å². The first-order valence-corrected chi connectivity index (χ1v) is 7.82. The highest BCUT2D eigenvalue weighted by Crippen LogP contribution is 2.49. The lowest BCUT2D eigenvalue weighted by Crippen LogP contribution is -2.62. The number of nitrogens with one attached hydrogen (secondary N) is 2. The summed E-state index contributed by atoms with van der Waals surface area (Å²) in [6, 6.07) is -0.182. The van der Waals surface area contributed by atoms with Crippen molar-refractivity contribution in [1.82, 2.24) is 10.6 Å². The number of aliphatic carboxylic acids is 1. The summed E-state index contributed by atoms with van der Waals surface area (Å²) in [4.78, 5) is 23.3. The van der Waals surface area contributed by atoms with Gasteiger partial charge in [-0.2, -0.15) is 0 Å². The Morgan fingerprint density at radius 3 is 2.45 bits per heavy atom. The summed E-state index contributed by atoms with van der Waals surface area (Å²) >= 11 is 0. The maximum Gasteiger partial charge on any atom is 0.329 e. The van der Waals surface area contributed by atoms with E-state index in [4.69, 9.17) is 0 Å². The van der Waals surface area contributed by atoms with E-state index in [1.807, 2.05) is 0 Å². The maximum atomic E-state index is 12.0. The van der Waals surface area contributed by atoms with E-state index in [-0.39, 0.29) is 12.1 Å². The molecule has 0 radical (unpaired) electrons. The van der Waals surface area contributed by atoms with Gasteiger partial charge in [0.25, 0.3) is 0 Å². The second-order valence-corrected chi connectivity index (χ2v) is 6.97. The maximum absolute atomic E-state index is 12.0. The molecule has 3 saturated carbocycles. The molecule has 112 valence electrons. The first-order valence-electron chi connectivity index (χ1n) is 7.82. The SMILES string of the molecule is CC(NC(=O)NC1(C(=O)O)CCC1)C1CC2CCC1C2. The third-order valence-electron chi connectivity index (χ3n) is 5.76. The minimum Gasteiger partial charge on any atom is -0.480 e. The van der Waals surface area contributed by atoms with Crippen LogP contribution in [0.4, 0.5) is 4.79 Å². The highest BCUT2D eigenvalue weighted by Gasteiger charge is 2.46. The van der Waals surface area contributed by atoms with E-state index in [0.717, 1.165) is 18.3 Å². The van der Waals surface area contributed by atoms with Crippen LogP contribution >= 0.6 is 0 Å². The average molecular weight is 280 g/mol. The summed E-state index contributed by atoms with van der Waals surface area (Å²) < 4.78 is 0. The number of fused-ring (bicyclic) bond motifs is 2. The Morgan fingerprint density at radius 2 is 2.00 bits per heavy atom. The fourth-order valence-electron chi connectivity index (χ4n) is 4.40. The van der Waals surface area contributed by atoms with Crippen LogP contribution in [-0.2, 0) is 4.79 Å². The van der Waals surface area contributed by atoms with Gasteiger partial charge in [-0.05, 0) is 63.2 Å². The van der Waals surface area contributed by atoms with Crippen LogP contribution in [0.2, 0.25) is 0 Å². The standard InChI is InChI=1S/C15H24N2O3/c1-9(12-8-10-3-4-11(12)7-10)16-14(20)17-15(13(18)19)5-2-6-15/h9-12H,2-8H2,1H3,(H,18,19)(H2,16,17,20). The van der Waals surface area contributed by atoms with Crippen LogP contribution in [0.15, 0.2) is 0 Å². The van der Waals surface area contributed by atoms with E-state index in [2.05, 4.69) is 17.6 Å². The largest absolute Gasteiger partial charge is 0.480 e. The van der Waals surface area contributed by atoms with Crippen LogP contribution < -0.4 is 10.6 Å². The van der Waals surface area contributed by atoms with Gasteiger partial charge in [0.2, 0.25) is 0 Å². The van der Waals surface area contributed by atoms with Gasteiger partial charge in [0.1, 0.15) is 5.54 Å². The van der Waals surface area contributed by atoms with Crippen LogP contribution in [0.3, 0.4) is 0 Å². The third kappa shape index (κ3) is 2.27. The molecule has 4 unspecified atom stereocenters. The van der Waals surface area contributed by atoms with E-state index < -0.39 is 11.5 Å². The monoisotopic (exact) mass is 280 g/mol. The van der Waals surface area contributed by atoms with Crippen LogP contribution in [0, 0.1) is 17.8 Å². The van der Waals surface area contributed by atoms with Gasteiger partial charge in [0.05, 0.1) is 0 Å². The molecular formula is C15H24N2O3. The number of carboxylic acids is 1. The summed E-state index contributed by atoms with van der Waals surface area (Å²) in [5.41, 5.74) is -1.02. The number of urea groups is 1. The molecule has 0 spiro atoms. The van der Waals surface area contributed by atoms with Gasteiger partial charge in [0, 0.05) is 6.04 Å². The highest BCUT2D eigenvalue weighted by atomic mass is 16.4. The van der Waals surface area contributed by atoms with Crippen molar-refractivity contribution in [3.8, 4) is 0 Å². The van der Waals surface area contributed by atoms with Crippen LogP contribution in [0.1, 0.15) is 51.9 Å². The first-order chi connectivity index (χ1) is 9.50.